The second-order valence-electron chi connectivity index (χ2n) is 8.34. The monoisotopic (exact) mass is 418 g/mol. The molecule has 0 spiro atoms. The number of piperazine rings is 1. The van der Waals surface area contributed by atoms with Gasteiger partial charge in [-0.15, -0.1) is 0 Å². The number of cyclic esters (lactones) is 1. The minimum atomic E-state index is -0.497. The standard InChI is InChI=1S/C21H30N4O5/c1-3-21-14-24(8-9-25(21)20(28)30-15-21)19(27)17-16(2)4-5-23(18(17)26)7-6-22-10-12-29-13-11-22/h4-5H,3,6-15H2,1-2H3. The van der Waals surface area contributed by atoms with E-state index in [0.29, 0.717) is 51.4 Å². The summed E-state index contributed by atoms with van der Waals surface area (Å²) in [5, 5.41) is 0. The Morgan fingerprint density at radius 3 is 2.63 bits per heavy atom. The second kappa shape index (κ2) is 8.39. The first-order valence-electron chi connectivity index (χ1n) is 10.7. The van der Waals surface area contributed by atoms with Gasteiger partial charge in [0, 0.05) is 52.0 Å². The molecule has 0 aliphatic carbocycles. The number of aryl methyl sites for hydroxylation is 1. The quantitative estimate of drug-likeness (QED) is 0.694. The normalized spacial score (nSPS) is 24.7. The van der Waals surface area contributed by atoms with Crippen LogP contribution < -0.4 is 5.56 Å². The summed E-state index contributed by atoms with van der Waals surface area (Å²) in [5.74, 6) is -0.259. The fourth-order valence-corrected chi connectivity index (χ4v) is 4.57. The average molecular weight is 418 g/mol. The van der Waals surface area contributed by atoms with Crippen LogP contribution in [0, 0.1) is 6.92 Å². The van der Waals surface area contributed by atoms with E-state index in [9.17, 15) is 14.4 Å². The highest BCUT2D eigenvalue weighted by molar-refractivity contribution is 5.95. The Balaban J connectivity index is 1.52. The van der Waals surface area contributed by atoms with Crippen LogP contribution in [0.2, 0.25) is 0 Å². The summed E-state index contributed by atoms with van der Waals surface area (Å²) in [5.41, 5.74) is 0.159. The molecule has 1 unspecified atom stereocenters. The minimum Gasteiger partial charge on any atom is -0.447 e. The number of aromatic nitrogens is 1. The molecule has 4 heterocycles. The number of morpholine rings is 1. The van der Waals surface area contributed by atoms with E-state index in [1.165, 1.54) is 0 Å². The topological polar surface area (TPSA) is 84.3 Å². The molecule has 4 rings (SSSR count). The molecule has 1 atom stereocenters. The number of ether oxygens (including phenoxy) is 2. The van der Waals surface area contributed by atoms with Gasteiger partial charge < -0.3 is 18.9 Å². The van der Waals surface area contributed by atoms with Crippen molar-refractivity contribution in [3.8, 4) is 0 Å². The molecule has 9 nitrogen and oxygen atoms in total. The van der Waals surface area contributed by atoms with Crippen LogP contribution in [0.3, 0.4) is 0 Å². The number of nitrogens with zero attached hydrogens (tertiary/aromatic N) is 4. The van der Waals surface area contributed by atoms with E-state index in [-0.39, 0.29) is 29.7 Å². The third-order valence-corrected chi connectivity index (χ3v) is 6.63. The highest BCUT2D eigenvalue weighted by Gasteiger charge is 2.50. The number of rotatable bonds is 5. The van der Waals surface area contributed by atoms with E-state index in [1.807, 2.05) is 13.0 Å². The summed E-state index contributed by atoms with van der Waals surface area (Å²) in [6.07, 6.45) is 2.15. The number of pyridine rings is 1. The van der Waals surface area contributed by atoms with Crippen molar-refractivity contribution in [2.45, 2.75) is 32.4 Å². The summed E-state index contributed by atoms with van der Waals surface area (Å²) in [6.45, 7) is 9.71. The maximum absolute atomic E-state index is 13.4. The summed E-state index contributed by atoms with van der Waals surface area (Å²) < 4.78 is 12.3. The molecule has 0 saturated carbocycles. The highest BCUT2D eigenvalue weighted by atomic mass is 16.6. The number of hydrogen-bond acceptors (Lipinski definition) is 6. The molecule has 3 aliphatic heterocycles. The Morgan fingerprint density at radius 2 is 1.90 bits per heavy atom. The molecule has 0 bridgehead atoms. The summed E-state index contributed by atoms with van der Waals surface area (Å²) in [4.78, 5) is 44.2. The first-order valence-corrected chi connectivity index (χ1v) is 10.7. The van der Waals surface area contributed by atoms with Crippen molar-refractivity contribution in [1.82, 2.24) is 19.3 Å². The molecule has 1 aromatic rings. The lowest BCUT2D eigenvalue weighted by atomic mass is 9.92. The molecule has 9 heteroatoms. The van der Waals surface area contributed by atoms with Crippen LogP contribution in [0.25, 0.3) is 0 Å². The lowest BCUT2D eigenvalue weighted by molar-refractivity contribution is 0.0353. The van der Waals surface area contributed by atoms with Gasteiger partial charge in [-0.2, -0.15) is 0 Å². The predicted octanol–water partition coefficient (Wildman–Crippen LogP) is 0.546. The lowest BCUT2D eigenvalue weighted by Gasteiger charge is -2.44. The molecular weight excluding hydrogens is 388 g/mol. The fourth-order valence-electron chi connectivity index (χ4n) is 4.57. The van der Waals surface area contributed by atoms with Crippen molar-refractivity contribution in [2.24, 2.45) is 0 Å². The maximum Gasteiger partial charge on any atom is 0.410 e. The molecule has 1 aromatic heterocycles. The lowest BCUT2D eigenvalue weighted by Crippen LogP contribution is -2.62. The number of fused-ring (bicyclic) bond motifs is 1. The first-order chi connectivity index (χ1) is 14.4. The smallest absolute Gasteiger partial charge is 0.410 e. The second-order valence-corrected chi connectivity index (χ2v) is 8.34. The van der Waals surface area contributed by atoms with Crippen LogP contribution in [0.5, 0.6) is 0 Å². The van der Waals surface area contributed by atoms with Crippen molar-refractivity contribution in [2.75, 3.05) is 59.1 Å². The van der Waals surface area contributed by atoms with Gasteiger partial charge in [0.15, 0.2) is 0 Å². The van der Waals surface area contributed by atoms with Crippen LogP contribution >= 0.6 is 0 Å². The van der Waals surface area contributed by atoms with Gasteiger partial charge in [-0.1, -0.05) is 6.92 Å². The van der Waals surface area contributed by atoms with Crippen LogP contribution in [0.1, 0.15) is 29.3 Å². The molecular formula is C21H30N4O5. The van der Waals surface area contributed by atoms with Crippen molar-refractivity contribution in [3.05, 3.63) is 33.7 Å². The van der Waals surface area contributed by atoms with Crippen molar-refractivity contribution < 1.29 is 19.1 Å². The van der Waals surface area contributed by atoms with E-state index in [0.717, 1.165) is 19.6 Å². The Morgan fingerprint density at radius 1 is 1.13 bits per heavy atom. The van der Waals surface area contributed by atoms with Crippen molar-refractivity contribution in [3.63, 3.8) is 0 Å². The zero-order chi connectivity index (χ0) is 21.3. The summed E-state index contributed by atoms with van der Waals surface area (Å²) in [7, 11) is 0. The molecule has 3 saturated heterocycles. The number of carbonyl (C=O) groups excluding carboxylic acids is 2. The molecule has 3 fully saturated rings. The van der Waals surface area contributed by atoms with Crippen LogP contribution in [0.15, 0.2) is 17.1 Å². The van der Waals surface area contributed by atoms with Gasteiger partial charge in [0.1, 0.15) is 12.2 Å². The molecule has 0 N–H and O–H groups in total. The van der Waals surface area contributed by atoms with E-state index in [4.69, 9.17) is 9.47 Å². The summed E-state index contributed by atoms with van der Waals surface area (Å²) >= 11 is 0. The Labute approximate surface area is 176 Å². The SMILES string of the molecule is CCC12COC(=O)N1CCN(C(=O)c1c(C)ccn(CCN3CCOCC3)c1=O)C2. The molecule has 30 heavy (non-hydrogen) atoms. The average Bonchev–Trinajstić information content (AvgIpc) is 3.10. The van der Waals surface area contributed by atoms with E-state index in [1.54, 1.807) is 27.5 Å². The van der Waals surface area contributed by atoms with Crippen LogP contribution in [0.4, 0.5) is 4.79 Å². The van der Waals surface area contributed by atoms with E-state index >= 15 is 0 Å². The zero-order valence-electron chi connectivity index (χ0n) is 17.8. The molecule has 164 valence electrons. The zero-order valence-corrected chi connectivity index (χ0v) is 17.8. The largest absolute Gasteiger partial charge is 0.447 e. The van der Waals surface area contributed by atoms with Gasteiger partial charge in [-0.25, -0.2) is 4.79 Å². The van der Waals surface area contributed by atoms with E-state index < -0.39 is 5.54 Å². The third-order valence-electron chi connectivity index (χ3n) is 6.63. The third kappa shape index (κ3) is 3.72. The van der Waals surface area contributed by atoms with Crippen LogP contribution in [-0.4, -0.2) is 95.9 Å². The van der Waals surface area contributed by atoms with Gasteiger partial charge >= 0.3 is 6.09 Å². The van der Waals surface area contributed by atoms with Crippen LogP contribution in [-0.2, 0) is 16.0 Å². The number of hydrogen-bond donors (Lipinski definition) is 0. The van der Waals surface area contributed by atoms with Gasteiger partial charge in [0.25, 0.3) is 11.5 Å². The van der Waals surface area contributed by atoms with E-state index in [2.05, 4.69) is 4.90 Å². The Bertz CT molecular complexity index is 879. The number of carbonyl (C=O) groups is 2. The first kappa shape index (κ1) is 20.9. The predicted molar refractivity (Wildman–Crippen MR) is 110 cm³/mol. The molecule has 0 radical (unpaired) electrons. The Kier molecular flexibility index (Phi) is 5.84. The van der Waals surface area contributed by atoms with Crippen molar-refractivity contribution in [1.29, 1.82) is 0 Å². The van der Waals surface area contributed by atoms with Gasteiger partial charge in [0.05, 0.1) is 18.8 Å². The maximum atomic E-state index is 13.4. The molecule has 0 aromatic carbocycles. The molecule has 2 amide bonds. The van der Waals surface area contributed by atoms with Gasteiger partial charge in [-0.05, 0) is 25.0 Å². The highest BCUT2D eigenvalue weighted by Crippen LogP contribution is 2.32. The fraction of sp³-hybridized carbons (Fsp3) is 0.667. The number of amides is 2. The molecule has 3 aliphatic rings. The minimum absolute atomic E-state index is 0.226. The summed E-state index contributed by atoms with van der Waals surface area (Å²) in [6, 6.07) is 1.84. The van der Waals surface area contributed by atoms with Gasteiger partial charge in [-0.3, -0.25) is 19.4 Å². The Hall–Kier alpha value is -2.39. The van der Waals surface area contributed by atoms with Crippen molar-refractivity contribution >= 4 is 12.0 Å². The van der Waals surface area contributed by atoms with Gasteiger partial charge in [0.2, 0.25) is 0 Å².